The Kier molecular flexibility index (Phi) is 2.90. The molecule has 0 spiro atoms. The Labute approximate surface area is 94.6 Å². The van der Waals surface area contributed by atoms with Crippen LogP contribution in [-0.2, 0) is 5.41 Å². The van der Waals surface area contributed by atoms with Gasteiger partial charge in [0.15, 0.2) is 0 Å². The van der Waals surface area contributed by atoms with Crippen LogP contribution in [-0.4, -0.2) is 4.92 Å². The fraction of sp³-hybridized carbons (Fsp3) is 0.333. The van der Waals surface area contributed by atoms with Gasteiger partial charge in [0.2, 0.25) is 0 Å². The molecule has 1 aromatic carbocycles. The first kappa shape index (κ1) is 12.1. The molecule has 0 aliphatic carbocycles. The lowest BCUT2D eigenvalue weighted by molar-refractivity contribution is -0.385. The Bertz CT molecular complexity index is 479. The summed E-state index contributed by atoms with van der Waals surface area (Å²) in [7, 11) is 0. The molecule has 0 amide bonds. The Morgan fingerprint density at radius 1 is 1.44 bits per heavy atom. The third-order valence-electron chi connectivity index (χ3n) is 2.33. The number of anilines is 1. The van der Waals surface area contributed by atoms with Gasteiger partial charge in [-0.15, -0.1) is 6.42 Å². The second kappa shape index (κ2) is 3.86. The second-order valence-electron chi connectivity index (χ2n) is 4.61. The van der Waals surface area contributed by atoms with Crippen molar-refractivity contribution < 1.29 is 4.92 Å². The predicted molar refractivity (Wildman–Crippen MR) is 64.1 cm³/mol. The lowest BCUT2D eigenvalue weighted by Gasteiger charge is -2.19. The summed E-state index contributed by atoms with van der Waals surface area (Å²) in [5.41, 5.74) is 6.67. The van der Waals surface area contributed by atoms with E-state index in [-0.39, 0.29) is 16.8 Å². The van der Waals surface area contributed by atoms with Crippen LogP contribution in [0.5, 0.6) is 0 Å². The van der Waals surface area contributed by atoms with Crippen molar-refractivity contribution in [3.63, 3.8) is 0 Å². The number of benzene rings is 1. The van der Waals surface area contributed by atoms with Crippen molar-refractivity contribution in [2.24, 2.45) is 0 Å². The van der Waals surface area contributed by atoms with E-state index < -0.39 is 4.92 Å². The topological polar surface area (TPSA) is 69.2 Å². The molecule has 0 aromatic heterocycles. The molecule has 1 aromatic rings. The van der Waals surface area contributed by atoms with Crippen LogP contribution in [0.1, 0.15) is 31.9 Å². The third-order valence-corrected chi connectivity index (χ3v) is 2.33. The van der Waals surface area contributed by atoms with Crippen molar-refractivity contribution in [3.05, 3.63) is 33.4 Å². The number of nitrogens with zero attached hydrogens (tertiary/aromatic N) is 1. The van der Waals surface area contributed by atoms with Gasteiger partial charge in [-0.05, 0) is 11.5 Å². The minimum Gasteiger partial charge on any atom is -0.398 e. The van der Waals surface area contributed by atoms with E-state index >= 15 is 0 Å². The molecule has 0 saturated carbocycles. The zero-order valence-electron chi connectivity index (χ0n) is 9.57. The standard InChI is InChI=1S/C12H14N2O2/c1-5-8-6-9(12(2,3)4)11(14(15)16)7-10(8)13/h1,6-7H,13H2,2-4H3. The number of rotatable bonds is 1. The maximum Gasteiger partial charge on any atom is 0.275 e. The molecule has 0 fully saturated rings. The van der Waals surface area contributed by atoms with Crippen LogP contribution >= 0.6 is 0 Å². The first-order valence-corrected chi connectivity index (χ1v) is 4.82. The van der Waals surface area contributed by atoms with E-state index in [1.54, 1.807) is 6.07 Å². The summed E-state index contributed by atoms with van der Waals surface area (Å²) in [5.74, 6) is 2.43. The quantitative estimate of drug-likeness (QED) is 0.340. The number of nitrogens with two attached hydrogens (primary N) is 1. The van der Waals surface area contributed by atoms with Crippen molar-refractivity contribution in [2.45, 2.75) is 26.2 Å². The molecule has 0 heterocycles. The van der Waals surface area contributed by atoms with E-state index in [9.17, 15) is 10.1 Å². The van der Waals surface area contributed by atoms with E-state index in [2.05, 4.69) is 5.92 Å². The zero-order valence-corrected chi connectivity index (χ0v) is 9.57. The highest BCUT2D eigenvalue weighted by Crippen LogP contribution is 2.34. The van der Waals surface area contributed by atoms with E-state index in [0.29, 0.717) is 11.1 Å². The molecular weight excluding hydrogens is 204 g/mol. The minimum absolute atomic E-state index is 0.0176. The normalized spacial score (nSPS) is 10.9. The fourth-order valence-corrected chi connectivity index (χ4v) is 1.48. The van der Waals surface area contributed by atoms with Gasteiger partial charge in [-0.3, -0.25) is 10.1 Å². The highest BCUT2D eigenvalue weighted by Gasteiger charge is 2.26. The average Bonchev–Trinajstić information content (AvgIpc) is 2.15. The number of hydrogen-bond donors (Lipinski definition) is 1. The Morgan fingerprint density at radius 2 is 2.00 bits per heavy atom. The van der Waals surface area contributed by atoms with Gasteiger partial charge in [0.1, 0.15) is 0 Å². The van der Waals surface area contributed by atoms with Gasteiger partial charge >= 0.3 is 0 Å². The minimum atomic E-state index is -0.433. The van der Waals surface area contributed by atoms with Crippen molar-refractivity contribution in [1.29, 1.82) is 0 Å². The number of hydrogen-bond acceptors (Lipinski definition) is 3. The largest absolute Gasteiger partial charge is 0.398 e. The summed E-state index contributed by atoms with van der Waals surface area (Å²) in [4.78, 5) is 10.5. The highest BCUT2D eigenvalue weighted by atomic mass is 16.6. The molecular formula is C12H14N2O2. The van der Waals surface area contributed by atoms with Gasteiger partial charge in [-0.2, -0.15) is 0 Å². The smallest absolute Gasteiger partial charge is 0.275 e. The van der Waals surface area contributed by atoms with Crippen molar-refractivity contribution in [3.8, 4) is 12.3 Å². The zero-order chi connectivity index (χ0) is 12.5. The van der Waals surface area contributed by atoms with Crippen LogP contribution in [0.15, 0.2) is 12.1 Å². The predicted octanol–water partition coefficient (Wildman–Crippen LogP) is 2.46. The van der Waals surface area contributed by atoms with Gasteiger partial charge in [0.25, 0.3) is 5.69 Å². The summed E-state index contributed by atoms with van der Waals surface area (Å²) in [6, 6.07) is 2.95. The second-order valence-corrected chi connectivity index (χ2v) is 4.61. The molecule has 0 aliphatic rings. The summed E-state index contributed by atoms with van der Waals surface area (Å²) >= 11 is 0. The van der Waals surface area contributed by atoms with E-state index in [1.807, 2.05) is 20.8 Å². The van der Waals surface area contributed by atoms with E-state index in [1.165, 1.54) is 6.07 Å². The maximum absolute atomic E-state index is 10.9. The van der Waals surface area contributed by atoms with Gasteiger partial charge in [-0.25, -0.2) is 0 Å². The number of terminal acetylenes is 1. The molecule has 2 N–H and O–H groups in total. The Balaban J connectivity index is 3.57. The van der Waals surface area contributed by atoms with Gasteiger partial charge in [0, 0.05) is 17.2 Å². The monoisotopic (exact) mass is 218 g/mol. The first-order chi connectivity index (χ1) is 7.27. The molecule has 0 bridgehead atoms. The molecule has 0 atom stereocenters. The Hall–Kier alpha value is -2.02. The van der Waals surface area contributed by atoms with Gasteiger partial charge < -0.3 is 5.73 Å². The Morgan fingerprint density at radius 3 is 2.38 bits per heavy atom. The summed E-state index contributed by atoms with van der Waals surface area (Å²) in [5, 5.41) is 10.9. The van der Waals surface area contributed by atoms with Crippen molar-refractivity contribution in [1.82, 2.24) is 0 Å². The number of nitrogen functional groups attached to an aromatic ring is 1. The molecule has 0 aliphatic heterocycles. The van der Waals surface area contributed by atoms with Crippen LogP contribution < -0.4 is 5.73 Å². The van der Waals surface area contributed by atoms with Crippen LogP contribution in [0.25, 0.3) is 0 Å². The molecule has 0 radical (unpaired) electrons. The van der Waals surface area contributed by atoms with E-state index in [0.717, 1.165) is 0 Å². The lowest BCUT2D eigenvalue weighted by Crippen LogP contribution is -2.14. The third kappa shape index (κ3) is 2.14. The fourth-order valence-electron chi connectivity index (χ4n) is 1.48. The number of nitro groups is 1. The molecule has 1 rings (SSSR count). The maximum atomic E-state index is 10.9. The van der Waals surface area contributed by atoms with Crippen LogP contribution in [0.3, 0.4) is 0 Å². The van der Waals surface area contributed by atoms with Crippen LogP contribution in [0.4, 0.5) is 11.4 Å². The van der Waals surface area contributed by atoms with Crippen molar-refractivity contribution >= 4 is 11.4 Å². The summed E-state index contributed by atoms with van der Waals surface area (Å²) in [6.45, 7) is 5.68. The van der Waals surface area contributed by atoms with Gasteiger partial charge in [-0.1, -0.05) is 26.7 Å². The van der Waals surface area contributed by atoms with E-state index in [4.69, 9.17) is 12.2 Å². The number of nitro benzene ring substituents is 1. The summed E-state index contributed by atoms with van der Waals surface area (Å²) < 4.78 is 0. The molecule has 0 saturated heterocycles. The average molecular weight is 218 g/mol. The van der Waals surface area contributed by atoms with Crippen LogP contribution in [0, 0.1) is 22.5 Å². The van der Waals surface area contributed by atoms with Gasteiger partial charge in [0.05, 0.1) is 10.6 Å². The SMILES string of the molecule is C#Cc1cc(C(C)(C)C)c([N+](=O)[O-])cc1N. The summed E-state index contributed by atoms with van der Waals surface area (Å²) in [6.07, 6.45) is 5.29. The lowest BCUT2D eigenvalue weighted by atomic mass is 9.84. The highest BCUT2D eigenvalue weighted by molar-refractivity contribution is 5.64. The van der Waals surface area contributed by atoms with Crippen molar-refractivity contribution in [2.75, 3.05) is 5.73 Å². The molecule has 16 heavy (non-hydrogen) atoms. The molecule has 4 heteroatoms. The molecule has 84 valence electrons. The first-order valence-electron chi connectivity index (χ1n) is 4.82. The molecule has 0 unspecified atom stereocenters. The molecule has 4 nitrogen and oxygen atoms in total. The van der Waals surface area contributed by atoms with Crippen LogP contribution in [0.2, 0.25) is 0 Å².